The SMILES string of the molecule is Cc1cc(C=CCC#N)c(F)cc1N. The number of hydrogen-bond donors (Lipinski definition) is 1. The van der Waals surface area contributed by atoms with Crippen molar-refractivity contribution in [3.63, 3.8) is 0 Å². The maximum atomic E-state index is 13.2. The van der Waals surface area contributed by atoms with Crippen molar-refractivity contribution in [1.29, 1.82) is 5.26 Å². The maximum absolute atomic E-state index is 13.2. The summed E-state index contributed by atoms with van der Waals surface area (Å²) < 4.78 is 13.2. The van der Waals surface area contributed by atoms with Crippen molar-refractivity contribution in [1.82, 2.24) is 0 Å². The molecule has 3 heteroatoms. The molecule has 0 spiro atoms. The van der Waals surface area contributed by atoms with Crippen LogP contribution in [0.2, 0.25) is 0 Å². The van der Waals surface area contributed by atoms with E-state index >= 15 is 0 Å². The lowest BCUT2D eigenvalue weighted by atomic mass is 10.1. The first-order valence-corrected chi connectivity index (χ1v) is 4.24. The maximum Gasteiger partial charge on any atom is 0.132 e. The summed E-state index contributed by atoms with van der Waals surface area (Å²) in [5, 5.41) is 8.30. The molecule has 0 saturated heterocycles. The smallest absolute Gasteiger partial charge is 0.132 e. The predicted octanol–water partition coefficient (Wildman–Crippen LogP) is 2.64. The van der Waals surface area contributed by atoms with Crippen molar-refractivity contribution in [2.75, 3.05) is 5.73 Å². The van der Waals surface area contributed by atoms with Gasteiger partial charge in [-0.3, -0.25) is 0 Å². The third kappa shape index (κ3) is 2.33. The Morgan fingerprint density at radius 3 is 2.93 bits per heavy atom. The number of nitriles is 1. The van der Waals surface area contributed by atoms with E-state index in [1.807, 2.05) is 13.0 Å². The van der Waals surface area contributed by atoms with Gasteiger partial charge in [-0.1, -0.05) is 12.2 Å². The number of nitrogens with two attached hydrogens (primary N) is 1. The van der Waals surface area contributed by atoms with Crippen LogP contribution in [0.4, 0.5) is 10.1 Å². The highest BCUT2D eigenvalue weighted by Crippen LogP contribution is 2.18. The molecule has 0 aromatic heterocycles. The van der Waals surface area contributed by atoms with Gasteiger partial charge in [0, 0.05) is 11.3 Å². The van der Waals surface area contributed by atoms with Gasteiger partial charge < -0.3 is 5.73 Å². The Kier molecular flexibility index (Phi) is 3.24. The zero-order valence-corrected chi connectivity index (χ0v) is 7.92. The number of rotatable bonds is 2. The third-order valence-electron chi connectivity index (χ3n) is 1.89. The Labute approximate surface area is 82.5 Å². The van der Waals surface area contributed by atoms with Gasteiger partial charge in [-0.25, -0.2) is 4.39 Å². The van der Waals surface area contributed by atoms with E-state index in [-0.39, 0.29) is 12.2 Å². The quantitative estimate of drug-likeness (QED) is 0.729. The molecule has 0 amide bonds. The van der Waals surface area contributed by atoms with Crippen molar-refractivity contribution in [3.8, 4) is 6.07 Å². The van der Waals surface area contributed by atoms with Crippen LogP contribution in [0.3, 0.4) is 0 Å². The molecule has 14 heavy (non-hydrogen) atoms. The molecule has 0 aliphatic rings. The Balaban J connectivity index is 2.99. The molecule has 0 unspecified atom stereocenters. The lowest BCUT2D eigenvalue weighted by Crippen LogP contribution is -1.93. The molecule has 1 rings (SSSR count). The van der Waals surface area contributed by atoms with Crippen molar-refractivity contribution in [3.05, 3.63) is 35.2 Å². The lowest BCUT2D eigenvalue weighted by molar-refractivity contribution is 0.625. The highest BCUT2D eigenvalue weighted by molar-refractivity contribution is 5.58. The van der Waals surface area contributed by atoms with Gasteiger partial charge in [0.05, 0.1) is 12.5 Å². The third-order valence-corrected chi connectivity index (χ3v) is 1.89. The molecule has 0 heterocycles. The van der Waals surface area contributed by atoms with E-state index in [0.29, 0.717) is 11.3 Å². The highest BCUT2D eigenvalue weighted by atomic mass is 19.1. The second-order valence-electron chi connectivity index (χ2n) is 2.99. The fraction of sp³-hybridized carbons (Fsp3) is 0.182. The molecule has 72 valence electrons. The van der Waals surface area contributed by atoms with Crippen LogP contribution in [-0.2, 0) is 0 Å². The summed E-state index contributed by atoms with van der Waals surface area (Å²) in [7, 11) is 0. The average Bonchev–Trinajstić information content (AvgIpc) is 2.14. The number of nitrogen functional groups attached to an aromatic ring is 1. The van der Waals surface area contributed by atoms with Crippen molar-refractivity contribution in [2.24, 2.45) is 0 Å². The van der Waals surface area contributed by atoms with Crippen LogP contribution in [0, 0.1) is 24.1 Å². The van der Waals surface area contributed by atoms with E-state index in [1.165, 1.54) is 6.07 Å². The summed E-state index contributed by atoms with van der Waals surface area (Å²) in [6.45, 7) is 1.82. The normalized spacial score (nSPS) is 10.4. The van der Waals surface area contributed by atoms with E-state index in [9.17, 15) is 4.39 Å². The minimum absolute atomic E-state index is 0.281. The molecule has 0 fully saturated rings. The van der Waals surface area contributed by atoms with E-state index in [1.54, 1.807) is 18.2 Å². The summed E-state index contributed by atoms with van der Waals surface area (Å²) >= 11 is 0. The molecule has 0 bridgehead atoms. The van der Waals surface area contributed by atoms with Gasteiger partial charge in [0.25, 0.3) is 0 Å². The molecule has 0 radical (unpaired) electrons. The van der Waals surface area contributed by atoms with Gasteiger partial charge >= 0.3 is 0 Å². The fourth-order valence-electron chi connectivity index (χ4n) is 1.09. The zero-order valence-electron chi connectivity index (χ0n) is 7.92. The van der Waals surface area contributed by atoms with Crippen LogP contribution in [-0.4, -0.2) is 0 Å². The second-order valence-corrected chi connectivity index (χ2v) is 2.99. The standard InChI is InChI=1S/C11H11FN2/c1-8-6-9(4-2-3-5-13)10(12)7-11(8)14/h2,4,6-7H,3,14H2,1H3. The van der Waals surface area contributed by atoms with Gasteiger partial charge in [0.1, 0.15) is 5.82 Å². The number of halogens is 1. The number of benzene rings is 1. The van der Waals surface area contributed by atoms with Gasteiger partial charge in [0.15, 0.2) is 0 Å². The van der Waals surface area contributed by atoms with Crippen LogP contribution in [0.1, 0.15) is 17.5 Å². The number of anilines is 1. The number of allylic oxidation sites excluding steroid dienone is 1. The monoisotopic (exact) mass is 190 g/mol. The van der Waals surface area contributed by atoms with Crippen LogP contribution in [0.5, 0.6) is 0 Å². The first kappa shape index (κ1) is 10.3. The Morgan fingerprint density at radius 2 is 2.29 bits per heavy atom. The van der Waals surface area contributed by atoms with Gasteiger partial charge in [0.2, 0.25) is 0 Å². The van der Waals surface area contributed by atoms with E-state index in [2.05, 4.69) is 0 Å². The molecule has 0 atom stereocenters. The number of aryl methyl sites for hydroxylation is 1. The van der Waals surface area contributed by atoms with Crippen LogP contribution >= 0.6 is 0 Å². The van der Waals surface area contributed by atoms with Crippen LogP contribution in [0.25, 0.3) is 6.08 Å². The summed E-state index contributed by atoms with van der Waals surface area (Å²) in [5.41, 5.74) is 7.27. The molecule has 0 aliphatic carbocycles. The van der Waals surface area contributed by atoms with E-state index < -0.39 is 0 Å². The average molecular weight is 190 g/mol. The minimum Gasteiger partial charge on any atom is -0.398 e. The van der Waals surface area contributed by atoms with Gasteiger partial charge in [-0.2, -0.15) is 5.26 Å². The molecule has 1 aromatic rings. The topological polar surface area (TPSA) is 49.8 Å². The van der Waals surface area contributed by atoms with E-state index in [4.69, 9.17) is 11.0 Å². The van der Waals surface area contributed by atoms with Crippen molar-refractivity contribution >= 4 is 11.8 Å². The predicted molar refractivity (Wildman–Crippen MR) is 54.8 cm³/mol. The Hall–Kier alpha value is -1.82. The first-order chi connectivity index (χ1) is 6.65. The summed E-state index contributed by atoms with van der Waals surface area (Å²) in [6.07, 6.45) is 3.49. The second kappa shape index (κ2) is 4.43. The molecule has 2 nitrogen and oxygen atoms in total. The fourth-order valence-corrected chi connectivity index (χ4v) is 1.09. The molecule has 2 N–H and O–H groups in total. The lowest BCUT2D eigenvalue weighted by Gasteiger charge is -2.02. The van der Waals surface area contributed by atoms with Crippen LogP contribution in [0.15, 0.2) is 18.2 Å². The number of hydrogen-bond acceptors (Lipinski definition) is 2. The Bertz CT molecular complexity index is 402. The Morgan fingerprint density at radius 1 is 1.57 bits per heavy atom. The molecule has 0 aliphatic heterocycles. The highest BCUT2D eigenvalue weighted by Gasteiger charge is 2.01. The van der Waals surface area contributed by atoms with Crippen LogP contribution < -0.4 is 5.73 Å². The number of nitrogens with zero attached hydrogens (tertiary/aromatic N) is 1. The molecule has 1 aromatic carbocycles. The van der Waals surface area contributed by atoms with Crippen molar-refractivity contribution < 1.29 is 4.39 Å². The summed E-state index contributed by atoms with van der Waals surface area (Å²) in [4.78, 5) is 0. The molecular weight excluding hydrogens is 179 g/mol. The van der Waals surface area contributed by atoms with Gasteiger partial charge in [-0.05, 0) is 24.6 Å². The van der Waals surface area contributed by atoms with Crippen molar-refractivity contribution in [2.45, 2.75) is 13.3 Å². The molecule has 0 saturated carbocycles. The zero-order chi connectivity index (χ0) is 10.6. The molecular formula is C11H11FN2. The minimum atomic E-state index is -0.359. The summed E-state index contributed by atoms with van der Waals surface area (Å²) in [6, 6.07) is 4.91. The first-order valence-electron chi connectivity index (χ1n) is 4.24. The van der Waals surface area contributed by atoms with Gasteiger partial charge in [-0.15, -0.1) is 0 Å². The summed E-state index contributed by atoms with van der Waals surface area (Å²) in [5.74, 6) is -0.359. The van der Waals surface area contributed by atoms with E-state index in [0.717, 1.165) is 5.56 Å². The largest absolute Gasteiger partial charge is 0.398 e.